The first-order chi connectivity index (χ1) is 9.95. The van der Waals surface area contributed by atoms with E-state index < -0.39 is 4.92 Å². The van der Waals surface area contributed by atoms with Crippen LogP contribution in [0.5, 0.6) is 0 Å². The third-order valence-electron chi connectivity index (χ3n) is 2.68. The fourth-order valence-electron chi connectivity index (χ4n) is 1.58. The van der Waals surface area contributed by atoms with Gasteiger partial charge < -0.3 is 15.0 Å². The normalized spacial score (nSPS) is 10.0. The van der Waals surface area contributed by atoms with Gasteiger partial charge in [0.2, 0.25) is 5.91 Å². The van der Waals surface area contributed by atoms with Crippen LogP contribution in [-0.4, -0.2) is 55.5 Å². The summed E-state index contributed by atoms with van der Waals surface area (Å²) >= 11 is 0. The number of hydrogen-bond acceptors (Lipinski definition) is 5. The van der Waals surface area contributed by atoms with Gasteiger partial charge in [0.15, 0.2) is 0 Å². The Balaban J connectivity index is 2.57. The number of ether oxygens (including phenoxy) is 1. The molecule has 114 valence electrons. The Morgan fingerprint density at radius 3 is 2.48 bits per heavy atom. The van der Waals surface area contributed by atoms with Crippen molar-refractivity contribution in [2.45, 2.75) is 0 Å². The third kappa shape index (κ3) is 5.19. The summed E-state index contributed by atoms with van der Waals surface area (Å²) in [6.45, 7) is 0.667. The Hall–Kier alpha value is -2.48. The van der Waals surface area contributed by atoms with Gasteiger partial charge >= 0.3 is 0 Å². The first kappa shape index (κ1) is 16.6. The predicted molar refractivity (Wildman–Crippen MR) is 74.9 cm³/mol. The smallest absolute Gasteiger partial charge is 0.269 e. The van der Waals surface area contributed by atoms with Crippen molar-refractivity contribution in [3.63, 3.8) is 0 Å². The summed E-state index contributed by atoms with van der Waals surface area (Å²) in [5.41, 5.74) is 0.194. The minimum atomic E-state index is -0.540. The fourth-order valence-corrected chi connectivity index (χ4v) is 1.58. The zero-order valence-electron chi connectivity index (χ0n) is 11.9. The number of nitro benzene ring substituents is 1. The maximum atomic E-state index is 12.0. The molecule has 0 bridgehead atoms. The Bertz CT molecular complexity index is 515. The molecule has 0 aliphatic heterocycles. The highest BCUT2D eigenvalue weighted by molar-refractivity contribution is 5.96. The molecule has 0 radical (unpaired) electrons. The van der Waals surface area contributed by atoms with Gasteiger partial charge in [-0.2, -0.15) is 0 Å². The van der Waals surface area contributed by atoms with Gasteiger partial charge in [0.1, 0.15) is 0 Å². The summed E-state index contributed by atoms with van der Waals surface area (Å²) in [5, 5.41) is 13.1. The summed E-state index contributed by atoms with van der Waals surface area (Å²) in [6.07, 6.45) is 0. The standard InChI is InChI=1S/C13H17N3O5/c1-15(9-12(17)14-7-8-21-2)13(18)10-3-5-11(6-4-10)16(19)20/h3-6H,7-9H2,1-2H3,(H,14,17). The van der Waals surface area contributed by atoms with Crippen molar-refractivity contribution >= 4 is 17.5 Å². The van der Waals surface area contributed by atoms with E-state index in [4.69, 9.17) is 4.74 Å². The van der Waals surface area contributed by atoms with Crippen molar-refractivity contribution in [1.82, 2.24) is 10.2 Å². The number of nitro groups is 1. The maximum absolute atomic E-state index is 12.0. The van der Waals surface area contributed by atoms with Gasteiger partial charge in [-0.25, -0.2) is 0 Å². The number of nitrogens with zero attached hydrogens (tertiary/aromatic N) is 2. The van der Waals surface area contributed by atoms with Crippen molar-refractivity contribution in [1.29, 1.82) is 0 Å². The van der Waals surface area contributed by atoms with E-state index in [1.165, 1.54) is 43.3 Å². The van der Waals surface area contributed by atoms with Crippen LogP contribution in [0.3, 0.4) is 0 Å². The molecule has 0 saturated carbocycles. The van der Waals surface area contributed by atoms with E-state index in [2.05, 4.69) is 5.32 Å². The minimum Gasteiger partial charge on any atom is -0.383 e. The van der Waals surface area contributed by atoms with Crippen LogP contribution in [0.4, 0.5) is 5.69 Å². The molecule has 0 saturated heterocycles. The molecule has 1 rings (SSSR count). The fraction of sp³-hybridized carbons (Fsp3) is 0.385. The summed E-state index contributed by atoms with van der Waals surface area (Å²) in [4.78, 5) is 34.8. The molecule has 0 aromatic heterocycles. The molecule has 2 amide bonds. The Labute approximate surface area is 121 Å². The molecule has 0 spiro atoms. The number of rotatable bonds is 7. The Kier molecular flexibility index (Phi) is 6.28. The molecular formula is C13H17N3O5. The topological polar surface area (TPSA) is 102 Å². The predicted octanol–water partition coefficient (Wildman–Crippen LogP) is 0.429. The lowest BCUT2D eigenvalue weighted by molar-refractivity contribution is -0.384. The molecule has 8 heteroatoms. The van der Waals surface area contributed by atoms with E-state index in [1.807, 2.05) is 0 Å². The summed E-state index contributed by atoms with van der Waals surface area (Å²) in [5.74, 6) is -0.684. The monoisotopic (exact) mass is 295 g/mol. The van der Waals surface area contributed by atoms with Crippen LogP contribution in [-0.2, 0) is 9.53 Å². The quantitative estimate of drug-likeness (QED) is 0.446. The van der Waals surface area contributed by atoms with Crippen molar-refractivity contribution < 1.29 is 19.2 Å². The molecule has 0 aliphatic rings. The molecular weight excluding hydrogens is 278 g/mol. The average Bonchev–Trinajstić information content (AvgIpc) is 2.46. The highest BCUT2D eigenvalue weighted by Gasteiger charge is 2.15. The van der Waals surface area contributed by atoms with E-state index >= 15 is 0 Å². The van der Waals surface area contributed by atoms with Crippen LogP contribution >= 0.6 is 0 Å². The number of amides is 2. The molecule has 0 atom stereocenters. The minimum absolute atomic E-state index is 0.0912. The zero-order chi connectivity index (χ0) is 15.8. The lowest BCUT2D eigenvalue weighted by Crippen LogP contribution is -2.39. The number of hydrogen-bond donors (Lipinski definition) is 1. The van der Waals surface area contributed by atoms with Gasteiger partial charge in [-0.15, -0.1) is 0 Å². The number of likely N-dealkylation sites (N-methyl/N-ethyl adjacent to an activating group) is 1. The van der Waals surface area contributed by atoms with E-state index in [0.29, 0.717) is 13.2 Å². The maximum Gasteiger partial charge on any atom is 0.269 e. The highest BCUT2D eigenvalue weighted by Crippen LogP contribution is 2.13. The van der Waals surface area contributed by atoms with Crippen LogP contribution < -0.4 is 5.32 Å². The number of non-ortho nitro benzene ring substituents is 1. The van der Waals surface area contributed by atoms with E-state index in [-0.39, 0.29) is 29.6 Å². The van der Waals surface area contributed by atoms with Gasteiger partial charge in [0.05, 0.1) is 18.1 Å². The van der Waals surface area contributed by atoms with Gasteiger partial charge in [-0.1, -0.05) is 0 Å². The molecule has 0 heterocycles. The molecule has 8 nitrogen and oxygen atoms in total. The third-order valence-corrected chi connectivity index (χ3v) is 2.68. The molecule has 1 N–H and O–H groups in total. The Morgan fingerprint density at radius 2 is 1.95 bits per heavy atom. The molecule has 21 heavy (non-hydrogen) atoms. The van der Waals surface area contributed by atoms with Gasteiger partial charge in [-0.3, -0.25) is 19.7 Å². The first-order valence-corrected chi connectivity index (χ1v) is 6.21. The number of carbonyl (C=O) groups is 2. The number of benzene rings is 1. The Morgan fingerprint density at radius 1 is 1.33 bits per heavy atom. The summed E-state index contributed by atoms with van der Waals surface area (Å²) in [6, 6.07) is 5.22. The van der Waals surface area contributed by atoms with Gasteiger partial charge in [0, 0.05) is 38.4 Å². The van der Waals surface area contributed by atoms with Crippen molar-refractivity contribution in [2.75, 3.05) is 33.9 Å². The number of carbonyl (C=O) groups excluding carboxylic acids is 2. The SMILES string of the molecule is COCCNC(=O)CN(C)C(=O)c1ccc([N+](=O)[O-])cc1. The van der Waals surface area contributed by atoms with Crippen molar-refractivity contribution in [2.24, 2.45) is 0 Å². The van der Waals surface area contributed by atoms with Crippen LogP contribution in [0, 0.1) is 10.1 Å². The zero-order valence-corrected chi connectivity index (χ0v) is 11.9. The van der Waals surface area contributed by atoms with Crippen LogP contribution in [0.2, 0.25) is 0 Å². The van der Waals surface area contributed by atoms with E-state index in [9.17, 15) is 19.7 Å². The lowest BCUT2D eigenvalue weighted by Gasteiger charge is -2.16. The van der Waals surface area contributed by atoms with Crippen LogP contribution in [0.15, 0.2) is 24.3 Å². The van der Waals surface area contributed by atoms with E-state index in [0.717, 1.165) is 0 Å². The molecule has 0 aliphatic carbocycles. The lowest BCUT2D eigenvalue weighted by atomic mass is 10.2. The second-order valence-corrected chi connectivity index (χ2v) is 4.31. The van der Waals surface area contributed by atoms with Crippen LogP contribution in [0.1, 0.15) is 10.4 Å². The molecule has 1 aromatic rings. The van der Waals surface area contributed by atoms with Crippen molar-refractivity contribution in [3.05, 3.63) is 39.9 Å². The number of nitrogens with one attached hydrogen (secondary N) is 1. The second-order valence-electron chi connectivity index (χ2n) is 4.31. The summed E-state index contributed by atoms with van der Waals surface area (Å²) in [7, 11) is 3.01. The summed E-state index contributed by atoms with van der Waals surface area (Å²) < 4.78 is 4.79. The average molecular weight is 295 g/mol. The van der Waals surface area contributed by atoms with Crippen LogP contribution in [0.25, 0.3) is 0 Å². The largest absolute Gasteiger partial charge is 0.383 e. The first-order valence-electron chi connectivity index (χ1n) is 6.21. The van der Waals surface area contributed by atoms with Crippen molar-refractivity contribution in [3.8, 4) is 0 Å². The van der Waals surface area contributed by atoms with Gasteiger partial charge in [-0.05, 0) is 12.1 Å². The molecule has 1 aromatic carbocycles. The van der Waals surface area contributed by atoms with Gasteiger partial charge in [0.25, 0.3) is 11.6 Å². The second kappa shape index (κ2) is 7.95. The number of methoxy groups -OCH3 is 1. The molecule has 0 unspecified atom stereocenters. The van der Waals surface area contributed by atoms with E-state index in [1.54, 1.807) is 0 Å². The molecule has 0 fully saturated rings. The highest BCUT2D eigenvalue weighted by atomic mass is 16.6.